The number of aliphatic hydroxyl groups excluding tert-OH is 1. The van der Waals surface area contributed by atoms with Gasteiger partial charge < -0.3 is 19.5 Å². The predicted molar refractivity (Wildman–Crippen MR) is 209 cm³/mol. The van der Waals surface area contributed by atoms with Crippen molar-refractivity contribution in [3.8, 4) is 0 Å². The van der Waals surface area contributed by atoms with Crippen molar-refractivity contribution in [3.63, 3.8) is 0 Å². The third-order valence-corrected chi connectivity index (χ3v) is 16.0. The number of allylic oxidation sites excluding steroid dienone is 1. The second-order valence-corrected chi connectivity index (χ2v) is 20.8. The summed E-state index contributed by atoms with van der Waals surface area (Å²) in [6.07, 6.45) is 6.65. The van der Waals surface area contributed by atoms with Gasteiger partial charge in [-0.3, -0.25) is 9.59 Å². The Bertz CT molecular complexity index is 1640. The van der Waals surface area contributed by atoms with Gasteiger partial charge in [-0.2, -0.15) is 0 Å². The second kappa shape index (κ2) is 13.7. The molecule has 9 atom stereocenters. The fourth-order valence-electron chi connectivity index (χ4n) is 13.2. The van der Waals surface area contributed by atoms with E-state index in [4.69, 9.17) is 21.1 Å². The number of Topliss-reactive ketones (excluding diaryl/α,β-unsaturated/α-hetero) is 1. The summed E-state index contributed by atoms with van der Waals surface area (Å²) in [6.45, 7) is 23.9. The fourth-order valence-corrected chi connectivity index (χ4v) is 13.3. The van der Waals surface area contributed by atoms with E-state index in [9.17, 15) is 19.5 Å². The van der Waals surface area contributed by atoms with E-state index in [0.29, 0.717) is 29.7 Å². The summed E-state index contributed by atoms with van der Waals surface area (Å²) < 4.78 is 11.8. The molecule has 1 amide bonds. The van der Waals surface area contributed by atoms with E-state index in [0.717, 1.165) is 56.1 Å². The van der Waals surface area contributed by atoms with Gasteiger partial charge in [0.2, 0.25) is 0 Å². The number of rotatable bonds is 7. The van der Waals surface area contributed by atoms with Crippen LogP contribution < -0.4 is 0 Å². The highest BCUT2D eigenvalue weighted by Gasteiger charge is 2.70. The third-order valence-electron chi connectivity index (χ3n) is 15.7. The van der Waals surface area contributed by atoms with E-state index in [2.05, 4.69) is 48.5 Å². The molecule has 6 rings (SSSR count). The first-order valence-electron chi connectivity index (χ1n) is 20.4. The van der Waals surface area contributed by atoms with E-state index in [-0.39, 0.29) is 64.4 Å². The fraction of sp³-hybridized carbons (Fsp3) is 0.756. The first-order valence-corrected chi connectivity index (χ1v) is 20.7. The van der Waals surface area contributed by atoms with Crippen LogP contribution in [0.25, 0.3) is 0 Å². The first kappa shape index (κ1) is 40.3. The van der Waals surface area contributed by atoms with Gasteiger partial charge in [0.25, 0.3) is 0 Å². The maximum Gasteiger partial charge on any atom is 0.410 e. The highest BCUT2D eigenvalue weighted by Crippen LogP contribution is 2.77. The number of fused-ring (bicyclic) bond motifs is 7. The monoisotopic (exact) mass is 751 g/mol. The molecule has 7 nitrogen and oxygen atoms in total. The van der Waals surface area contributed by atoms with Crippen LogP contribution in [0.4, 0.5) is 4.79 Å². The number of hydrogen-bond donors (Lipinski definition) is 1. The number of benzene rings is 1. The van der Waals surface area contributed by atoms with Crippen LogP contribution in [0.2, 0.25) is 5.02 Å². The molecule has 1 unspecified atom stereocenters. The van der Waals surface area contributed by atoms with Gasteiger partial charge in [0.05, 0.1) is 12.6 Å². The first-order chi connectivity index (χ1) is 24.5. The number of esters is 1. The Morgan fingerprint density at radius 2 is 1.58 bits per heavy atom. The third kappa shape index (κ3) is 6.60. The van der Waals surface area contributed by atoms with Crippen LogP contribution in [0.15, 0.2) is 35.4 Å². The topological polar surface area (TPSA) is 93.1 Å². The van der Waals surface area contributed by atoms with Gasteiger partial charge in [-0.25, -0.2) is 4.79 Å². The zero-order valence-corrected chi connectivity index (χ0v) is 35.1. The number of ether oxygens (including phenoxy) is 2. The van der Waals surface area contributed by atoms with Gasteiger partial charge in [-0.1, -0.05) is 77.8 Å². The molecule has 294 valence electrons. The van der Waals surface area contributed by atoms with Crippen molar-refractivity contribution in [3.05, 3.63) is 46.0 Å². The molecule has 0 spiro atoms. The molecule has 5 aliphatic carbocycles. The molecular weight excluding hydrogens is 686 g/mol. The lowest BCUT2D eigenvalue weighted by atomic mass is 9.33. The van der Waals surface area contributed by atoms with Crippen molar-refractivity contribution in [2.24, 2.45) is 50.7 Å². The Balaban J connectivity index is 1.35. The van der Waals surface area contributed by atoms with E-state index in [1.807, 2.05) is 45.0 Å². The summed E-state index contributed by atoms with van der Waals surface area (Å²) in [6, 6.07) is 7.42. The lowest BCUT2D eigenvalue weighted by molar-refractivity contribution is -0.234. The van der Waals surface area contributed by atoms with E-state index in [1.54, 1.807) is 4.90 Å². The van der Waals surface area contributed by atoms with Gasteiger partial charge >= 0.3 is 12.1 Å². The van der Waals surface area contributed by atoms with E-state index in [1.165, 1.54) is 12.5 Å². The molecule has 4 saturated carbocycles. The van der Waals surface area contributed by atoms with Crippen molar-refractivity contribution in [2.45, 2.75) is 158 Å². The molecule has 8 heteroatoms. The van der Waals surface area contributed by atoms with Crippen molar-refractivity contribution < 1.29 is 29.0 Å². The Kier molecular flexibility index (Phi) is 10.4. The Morgan fingerprint density at radius 1 is 0.925 bits per heavy atom. The van der Waals surface area contributed by atoms with Crippen molar-refractivity contribution in [2.75, 3.05) is 6.54 Å². The minimum Gasteiger partial charge on any atom is -0.462 e. The molecule has 4 fully saturated rings. The molecule has 1 aromatic carbocycles. The van der Waals surface area contributed by atoms with Crippen LogP contribution >= 0.6 is 11.6 Å². The summed E-state index contributed by atoms with van der Waals surface area (Å²) in [7, 11) is 0. The summed E-state index contributed by atoms with van der Waals surface area (Å²) in [5.41, 5.74) is 1.57. The van der Waals surface area contributed by atoms with E-state index < -0.39 is 23.2 Å². The number of ketones is 1. The van der Waals surface area contributed by atoms with Gasteiger partial charge in [0.15, 0.2) is 5.78 Å². The van der Waals surface area contributed by atoms with Crippen LogP contribution in [0, 0.1) is 50.7 Å². The van der Waals surface area contributed by atoms with Gasteiger partial charge in [0.1, 0.15) is 11.7 Å². The maximum atomic E-state index is 14.3. The lowest BCUT2D eigenvalue weighted by Gasteiger charge is -2.72. The van der Waals surface area contributed by atoms with E-state index >= 15 is 0 Å². The van der Waals surface area contributed by atoms with Crippen LogP contribution in [0.1, 0.15) is 140 Å². The van der Waals surface area contributed by atoms with Crippen molar-refractivity contribution in [1.82, 2.24) is 4.90 Å². The van der Waals surface area contributed by atoms with Crippen LogP contribution in [0.5, 0.6) is 0 Å². The summed E-state index contributed by atoms with van der Waals surface area (Å²) in [5, 5.41) is 13.2. The molecule has 1 aromatic rings. The number of carbonyl (C=O) groups excluding carboxylic acids is 3. The average molecular weight is 752 g/mol. The largest absolute Gasteiger partial charge is 0.462 e. The van der Waals surface area contributed by atoms with Crippen molar-refractivity contribution >= 4 is 29.4 Å². The number of hydrogen-bond acceptors (Lipinski definition) is 6. The molecule has 5 aliphatic rings. The number of halogens is 1. The predicted octanol–water partition coefficient (Wildman–Crippen LogP) is 10.4. The molecule has 0 radical (unpaired) electrons. The molecule has 0 heterocycles. The van der Waals surface area contributed by atoms with Gasteiger partial charge in [-0.05, 0) is 135 Å². The molecular formula is C45H66ClNO6. The highest BCUT2D eigenvalue weighted by molar-refractivity contribution is 6.30. The molecule has 0 aliphatic heterocycles. The number of nitrogens with zero attached hydrogens (tertiary/aromatic N) is 1. The number of carbonyl (C=O) groups is 3. The second-order valence-electron chi connectivity index (χ2n) is 20.3. The van der Waals surface area contributed by atoms with Crippen LogP contribution in [-0.2, 0) is 25.6 Å². The molecule has 0 saturated heterocycles. The normalized spacial score (nSPS) is 36.9. The quantitative estimate of drug-likeness (QED) is 0.279. The summed E-state index contributed by atoms with van der Waals surface area (Å²) >= 11 is 6.19. The lowest BCUT2D eigenvalue weighted by Crippen LogP contribution is -2.66. The highest BCUT2D eigenvalue weighted by atomic mass is 35.5. The Morgan fingerprint density at radius 3 is 2.19 bits per heavy atom. The van der Waals surface area contributed by atoms with Crippen LogP contribution in [0.3, 0.4) is 0 Å². The van der Waals surface area contributed by atoms with Gasteiger partial charge in [-0.15, -0.1) is 0 Å². The van der Waals surface area contributed by atoms with Crippen molar-refractivity contribution in [1.29, 1.82) is 0 Å². The maximum absolute atomic E-state index is 14.3. The number of amides is 1. The Labute approximate surface area is 324 Å². The van der Waals surface area contributed by atoms with Crippen LogP contribution in [-0.4, -0.2) is 52.2 Å². The SMILES string of the molecule is CC(=O)O[C@H]1CC[C@]2(C)[C@H]3CC[C@@H]4C5=C(C(C)C)C(=O)C[C@]5(C(O)CN(Cc5ccc(Cl)cc5)C(=O)OC(C)(C)C)CC[C@@]4(C)[C@]3(C)CC[C@H]2C1(C)C. The average Bonchev–Trinajstić information content (AvgIpc) is 3.36. The molecule has 0 aromatic heterocycles. The minimum atomic E-state index is -0.932. The van der Waals surface area contributed by atoms with Gasteiger partial charge in [0, 0.05) is 35.7 Å². The number of aliphatic hydroxyl groups is 1. The minimum absolute atomic E-state index is 0.0422. The zero-order valence-electron chi connectivity index (χ0n) is 34.4. The molecule has 53 heavy (non-hydrogen) atoms. The smallest absolute Gasteiger partial charge is 0.410 e. The Hall–Kier alpha value is -2.38. The summed E-state index contributed by atoms with van der Waals surface area (Å²) in [5.74, 6) is 1.15. The zero-order chi connectivity index (χ0) is 39.1. The molecule has 1 N–H and O–H groups in total. The molecule has 0 bridgehead atoms. The summed E-state index contributed by atoms with van der Waals surface area (Å²) in [4.78, 5) is 41.8. The standard InChI is InChI=1S/C45H66ClNO6/c1-27(2)37-32(49)24-45(35(50)26-47(39(51)53-40(4,5)6)25-29-12-14-30(46)15-13-29)23-22-43(10)31(38(37)45)16-17-34-42(9)20-19-36(52-28(3)48)41(7,8)33(42)18-21-44(34,43)11/h12-15,27,31,33-36,50H,16-26H2,1-11H3/t31-,33+,34-,35?,36+,42+,43-,44-,45+/m1/s1.